The van der Waals surface area contributed by atoms with Gasteiger partial charge in [0.05, 0.1) is 0 Å². The largest absolute Gasteiger partial charge is 0.285 e. The molecule has 0 aliphatic carbocycles. The molecule has 0 aliphatic rings. The van der Waals surface area contributed by atoms with Gasteiger partial charge in [0.1, 0.15) is 8.07 Å². The summed E-state index contributed by atoms with van der Waals surface area (Å²) in [6.07, 6.45) is 7.97. The Balaban J connectivity index is 4.03. The predicted octanol–water partition coefficient (Wildman–Crippen LogP) is 4.91. The number of allylic oxidation sites excluding steroid dienone is 4. The van der Waals surface area contributed by atoms with E-state index in [1.807, 2.05) is 0 Å². The number of carbonyl (C=O) groups is 1. The van der Waals surface area contributed by atoms with Crippen LogP contribution in [0.1, 0.15) is 46.5 Å². The summed E-state index contributed by atoms with van der Waals surface area (Å²) in [5, 5.41) is 0. The molecule has 0 rings (SSSR count). The van der Waals surface area contributed by atoms with Crippen molar-refractivity contribution in [3.63, 3.8) is 0 Å². The van der Waals surface area contributed by atoms with Gasteiger partial charge in [0.2, 0.25) is 5.78 Å². The molecule has 0 aliphatic heterocycles. The topological polar surface area (TPSA) is 17.1 Å². The van der Waals surface area contributed by atoms with Gasteiger partial charge >= 0.3 is 0 Å². The van der Waals surface area contributed by atoms with Gasteiger partial charge in [-0.2, -0.15) is 0 Å². The second kappa shape index (κ2) is 8.93. The van der Waals surface area contributed by atoms with Gasteiger partial charge < -0.3 is 0 Å². The molecule has 0 radical (unpaired) electrons. The highest BCUT2D eigenvalue weighted by Gasteiger charge is 2.08. The molecule has 0 aromatic rings. The molecule has 0 aromatic heterocycles. The van der Waals surface area contributed by atoms with Crippen LogP contribution in [-0.4, -0.2) is 13.9 Å². The molecular formula is C17H28OSi. The maximum atomic E-state index is 11.6. The Morgan fingerprint density at radius 3 is 2.11 bits per heavy atom. The number of Topliss-reactive ketones (excluding diaryl/α,β-unsaturated/α-hetero) is 1. The van der Waals surface area contributed by atoms with Gasteiger partial charge in [0, 0.05) is 6.42 Å². The SMILES string of the molecule is CC(C)=CCC/C(C)=C\CCC(=O)C#C[Si](C)(C)C. The van der Waals surface area contributed by atoms with E-state index < -0.39 is 8.07 Å². The van der Waals surface area contributed by atoms with Crippen LogP contribution in [0.3, 0.4) is 0 Å². The van der Waals surface area contributed by atoms with Gasteiger partial charge in [0.15, 0.2) is 0 Å². The smallest absolute Gasteiger partial charge is 0.205 e. The van der Waals surface area contributed by atoms with Crippen LogP contribution >= 0.6 is 0 Å². The monoisotopic (exact) mass is 276 g/mol. The number of hydrogen-bond acceptors (Lipinski definition) is 1. The Labute approximate surface area is 120 Å². The Hall–Kier alpha value is -1.07. The van der Waals surface area contributed by atoms with Crippen molar-refractivity contribution in [1.29, 1.82) is 0 Å². The van der Waals surface area contributed by atoms with Crippen molar-refractivity contribution < 1.29 is 4.79 Å². The van der Waals surface area contributed by atoms with Crippen molar-refractivity contribution in [3.05, 3.63) is 23.3 Å². The minimum Gasteiger partial charge on any atom is -0.285 e. The molecule has 106 valence electrons. The van der Waals surface area contributed by atoms with Crippen LogP contribution in [0.4, 0.5) is 0 Å². The molecule has 0 bridgehead atoms. The lowest BCUT2D eigenvalue weighted by atomic mass is 10.1. The van der Waals surface area contributed by atoms with Crippen LogP contribution in [0.25, 0.3) is 0 Å². The summed E-state index contributed by atoms with van der Waals surface area (Å²) >= 11 is 0. The zero-order valence-corrected chi connectivity index (χ0v) is 14.4. The summed E-state index contributed by atoms with van der Waals surface area (Å²) in [7, 11) is -1.41. The quantitative estimate of drug-likeness (QED) is 0.383. The van der Waals surface area contributed by atoms with E-state index in [2.05, 4.69) is 64.0 Å². The first-order valence-corrected chi connectivity index (χ1v) is 10.6. The number of carbonyl (C=O) groups excluding carboxylic acids is 1. The third-order valence-corrected chi connectivity index (χ3v) is 3.41. The van der Waals surface area contributed by atoms with Gasteiger partial charge in [-0.25, -0.2) is 0 Å². The van der Waals surface area contributed by atoms with Crippen LogP contribution < -0.4 is 0 Å². The third-order valence-electron chi connectivity index (χ3n) is 2.53. The Kier molecular flexibility index (Phi) is 8.43. The standard InChI is InChI=1S/C17H28OSi/c1-15(2)9-7-10-16(3)11-8-12-17(18)13-14-19(4,5)6/h9,11H,7-8,10,12H2,1-6H3/b16-11-. The molecule has 1 nitrogen and oxygen atoms in total. The first-order chi connectivity index (χ1) is 8.70. The van der Waals surface area contributed by atoms with E-state index in [9.17, 15) is 4.79 Å². The summed E-state index contributed by atoms with van der Waals surface area (Å²) in [5.74, 6) is 2.87. The summed E-state index contributed by atoms with van der Waals surface area (Å²) in [4.78, 5) is 11.6. The fourth-order valence-electron chi connectivity index (χ4n) is 1.46. The molecule has 0 saturated heterocycles. The van der Waals surface area contributed by atoms with Gasteiger partial charge in [0.25, 0.3) is 0 Å². The number of ketones is 1. The van der Waals surface area contributed by atoms with E-state index in [1.54, 1.807) is 0 Å². The van der Waals surface area contributed by atoms with E-state index in [0.717, 1.165) is 19.3 Å². The molecule has 19 heavy (non-hydrogen) atoms. The van der Waals surface area contributed by atoms with Gasteiger partial charge in [-0.05, 0) is 46.0 Å². The molecule has 0 spiro atoms. The first-order valence-electron chi connectivity index (χ1n) is 7.06. The van der Waals surface area contributed by atoms with Gasteiger partial charge in [-0.1, -0.05) is 42.9 Å². The molecule has 0 N–H and O–H groups in total. The molecule has 0 unspecified atom stereocenters. The van der Waals surface area contributed by atoms with E-state index >= 15 is 0 Å². The zero-order chi connectivity index (χ0) is 14.9. The fraction of sp³-hybridized carbons (Fsp3) is 0.588. The maximum absolute atomic E-state index is 11.6. The van der Waals surface area contributed by atoms with Gasteiger partial charge in [-0.3, -0.25) is 4.79 Å². The van der Waals surface area contributed by atoms with Crippen molar-refractivity contribution in [2.45, 2.75) is 66.1 Å². The maximum Gasteiger partial charge on any atom is 0.205 e. The van der Waals surface area contributed by atoms with Crippen LogP contribution in [-0.2, 0) is 4.79 Å². The van der Waals surface area contributed by atoms with Crippen LogP contribution in [0.5, 0.6) is 0 Å². The van der Waals surface area contributed by atoms with Crippen molar-refractivity contribution >= 4 is 13.9 Å². The summed E-state index contributed by atoms with van der Waals surface area (Å²) in [5.41, 5.74) is 5.85. The van der Waals surface area contributed by atoms with Crippen molar-refractivity contribution in [2.75, 3.05) is 0 Å². The van der Waals surface area contributed by atoms with Crippen LogP contribution in [0.15, 0.2) is 23.3 Å². The lowest BCUT2D eigenvalue weighted by molar-refractivity contribution is -0.113. The molecule has 0 aromatic carbocycles. The highest BCUT2D eigenvalue weighted by molar-refractivity contribution is 6.84. The zero-order valence-electron chi connectivity index (χ0n) is 13.4. The molecule has 0 fully saturated rings. The van der Waals surface area contributed by atoms with E-state index in [-0.39, 0.29) is 5.78 Å². The average Bonchev–Trinajstić information content (AvgIpc) is 2.25. The predicted molar refractivity (Wildman–Crippen MR) is 87.8 cm³/mol. The number of rotatable bonds is 6. The molecule has 0 amide bonds. The minimum absolute atomic E-state index is 0.0794. The second-order valence-electron chi connectivity index (χ2n) is 6.33. The molecule has 2 heteroatoms. The first kappa shape index (κ1) is 17.9. The second-order valence-corrected chi connectivity index (χ2v) is 11.1. The molecule has 0 heterocycles. The molecule has 0 atom stereocenters. The lowest BCUT2D eigenvalue weighted by Crippen LogP contribution is -2.17. The van der Waals surface area contributed by atoms with E-state index in [0.29, 0.717) is 6.42 Å². The summed E-state index contributed by atoms with van der Waals surface area (Å²) in [6, 6.07) is 0. The minimum atomic E-state index is -1.41. The average molecular weight is 276 g/mol. The molecular weight excluding hydrogens is 248 g/mol. The van der Waals surface area contributed by atoms with Gasteiger partial charge in [-0.15, -0.1) is 5.54 Å². The Bertz CT molecular complexity index is 407. The highest BCUT2D eigenvalue weighted by Crippen LogP contribution is 2.08. The van der Waals surface area contributed by atoms with Crippen LogP contribution in [0, 0.1) is 11.5 Å². The van der Waals surface area contributed by atoms with E-state index in [1.165, 1.54) is 11.1 Å². The van der Waals surface area contributed by atoms with Crippen LogP contribution in [0.2, 0.25) is 19.6 Å². The summed E-state index contributed by atoms with van der Waals surface area (Å²) < 4.78 is 0. The lowest BCUT2D eigenvalue weighted by Gasteiger charge is -2.02. The van der Waals surface area contributed by atoms with E-state index in [4.69, 9.17) is 0 Å². The number of hydrogen-bond donors (Lipinski definition) is 0. The molecule has 0 saturated carbocycles. The van der Waals surface area contributed by atoms with Crippen molar-refractivity contribution in [2.24, 2.45) is 0 Å². The fourth-order valence-corrected chi connectivity index (χ4v) is 1.97. The van der Waals surface area contributed by atoms with Crippen molar-refractivity contribution in [3.8, 4) is 11.5 Å². The summed E-state index contributed by atoms with van der Waals surface area (Å²) in [6.45, 7) is 12.8. The normalized spacial score (nSPS) is 11.6. The third kappa shape index (κ3) is 13.2. The Morgan fingerprint density at radius 1 is 1.00 bits per heavy atom. The van der Waals surface area contributed by atoms with Crippen molar-refractivity contribution in [1.82, 2.24) is 0 Å². The highest BCUT2D eigenvalue weighted by atomic mass is 28.3. The Morgan fingerprint density at radius 2 is 1.58 bits per heavy atom.